The Bertz CT molecular complexity index is 663. The summed E-state index contributed by atoms with van der Waals surface area (Å²) >= 11 is 0. The maximum atomic E-state index is 12.6. The second kappa shape index (κ2) is 4.56. The van der Waals surface area contributed by atoms with Crippen LogP contribution in [0.15, 0.2) is 24.3 Å². The Kier molecular flexibility index (Phi) is 2.85. The third-order valence-corrected chi connectivity index (χ3v) is 3.69. The van der Waals surface area contributed by atoms with Crippen LogP contribution in [0.5, 0.6) is 0 Å². The van der Waals surface area contributed by atoms with Gasteiger partial charge in [0.05, 0.1) is 22.8 Å². The number of aromatic nitrogens is 2. The molecule has 1 amide bonds. The van der Waals surface area contributed by atoms with Gasteiger partial charge in [0, 0.05) is 20.1 Å². The van der Waals surface area contributed by atoms with Crippen LogP contribution in [-0.4, -0.2) is 36.2 Å². The number of fused-ring (bicyclic) bond motifs is 1. The van der Waals surface area contributed by atoms with Crippen molar-refractivity contribution in [3.63, 3.8) is 0 Å². The average molecular weight is 271 g/mol. The lowest BCUT2D eigenvalue weighted by Gasteiger charge is -2.35. The van der Waals surface area contributed by atoms with E-state index < -0.39 is 0 Å². The van der Waals surface area contributed by atoms with Crippen molar-refractivity contribution in [2.75, 3.05) is 35.7 Å². The fourth-order valence-corrected chi connectivity index (χ4v) is 2.45. The quantitative estimate of drug-likeness (QED) is 0.821. The molecule has 104 valence electrons. The number of aromatic amines is 1. The minimum absolute atomic E-state index is 0.160. The van der Waals surface area contributed by atoms with Crippen molar-refractivity contribution in [3.05, 3.63) is 35.7 Å². The van der Waals surface area contributed by atoms with Crippen molar-refractivity contribution < 1.29 is 4.79 Å². The summed E-state index contributed by atoms with van der Waals surface area (Å²) in [5.74, 6) is -0.160. The maximum Gasteiger partial charge on any atom is 0.281 e. The van der Waals surface area contributed by atoms with Crippen molar-refractivity contribution in [2.45, 2.75) is 6.92 Å². The molecule has 0 saturated carbocycles. The topological polar surface area (TPSA) is 78.2 Å². The molecule has 6 heteroatoms. The molecule has 0 saturated heterocycles. The van der Waals surface area contributed by atoms with Crippen LogP contribution in [0, 0.1) is 6.92 Å². The Labute approximate surface area is 117 Å². The molecular weight excluding hydrogens is 254 g/mol. The number of carbonyl (C=O) groups excluding carboxylic acids is 1. The van der Waals surface area contributed by atoms with Crippen molar-refractivity contribution in [2.24, 2.45) is 0 Å². The van der Waals surface area contributed by atoms with Crippen molar-refractivity contribution >= 4 is 23.0 Å². The number of anilines is 3. The standard InChI is InChI=1S/C14H17N5O/c1-9-12(15)13(17-16-9)14(20)19-8-7-18(2)10-5-3-4-6-11(10)19/h3-6H,7-8,15H2,1-2H3,(H,16,17). The Hall–Kier alpha value is -2.50. The number of likely N-dealkylation sites (N-methyl/N-ethyl adjacent to an activating group) is 1. The molecule has 20 heavy (non-hydrogen) atoms. The number of nitrogen functional groups attached to an aromatic ring is 1. The molecule has 2 heterocycles. The highest BCUT2D eigenvalue weighted by molar-refractivity contribution is 6.10. The molecule has 6 nitrogen and oxygen atoms in total. The van der Waals surface area contributed by atoms with Crippen LogP contribution in [0.25, 0.3) is 0 Å². The predicted molar refractivity (Wildman–Crippen MR) is 79.1 cm³/mol. The third-order valence-electron chi connectivity index (χ3n) is 3.69. The number of rotatable bonds is 1. The number of para-hydroxylation sites is 2. The van der Waals surface area contributed by atoms with E-state index in [4.69, 9.17) is 5.73 Å². The summed E-state index contributed by atoms with van der Waals surface area (Å²) in [7, 11) is 2.02. The van der Waals surface area contributed by atoms with Crippen LogP contribution in [0.1, 0.15) is 16.2 Å². The fourth-order valence-electron chi connectivity index (χ4n) is 2.45. The molecule has 0 bridgehead atoms. The molecule has 1 aromatic heterocycles. The van der Waals surface area contributed by atoms with Gasteiger partial charge >= 0.3 is 0 Å². The van der Waals surface area contributed by atoms with E-state index in [-0.39, 0.29) is 5.91 Å². The number of H-pyrrole nitrogens is 1. The van der Waals surface area contributed by atoms with Gasteiger partial charge in [0.15, 0.2) is 5.69 Å². The van der Waals surface area contributed by atoms with E-state index in [1.807, 2.05) is 31.3 Å². The molecule has 0 atom stereocenters. The summed E-state index contributed by atoms with van der Waals surface area (Å²) in [6.45, 7) is 3.21. The van der Waals surface area contributed by atoms with Crippen LogP contribution >= 0.6 is 0 Å². The summed E-state index contributed by atoms with van der Waals surface area (Å²) in [5, 5.41) is 6.78. The Morgan fingerprint density at radius 2 is 2.00 bits per heavy atom. The second-order valence-electron chi connectivity index (χ2n) is 4.98. The molecule has 3 rings (SSSR count). The van der Waals surface area contributed by atoms with E-state index in [9.17, 15) is 4.79 Å². The molecule has 1 aliphatic heterocycles. The number of nitrogens with zero attached hydrogens (tertiary/aromatic N) is 3. The SMILES string of the molecule is Cc1[nH]nc(C(=O)N2CCN(C)c3ccccc32)c1N. The van der Waals surface area contributed by atoms with Gasteiger partial charge in [0.2, 0.25) is 0 Å². The van der Waals surface area contributed by atoms with Crippen LogP contribution in [0.4, 0.5) is 17.1 Å². The highest BCUT2D eigenvalue weighted by Crippen LogP contribution is 2.33. The Morgan fingerprint density at radius 1 is 1.30 bits per heavy atom. The number of hydrogen-bond acceptors (Lipinski definition) is 4. The first-order chi connectivity index (χ1) is 9.59. The molecule has 0 spiro atoms. The smallest absolute Gasteiger partial charge is 0.281 e. The molecule has 0 radical (unpaired) electrons. The highest BCUT2D eigenvalue weighted by atomic mass is 16.2. The lowest BCUT2D eigenvalue weighted by Crippen LogP contribution is -2.43. The lowest BCUT2D eigenvalue weighted by molar-refractivity contribution is 0.0983. The summed E-state index contributed by atoms with van der Waals surface area (Å²) in [5.41, 5.74) is 9.27. The van der Waals surface area contributed by atoms with Gasteiger partial charge in [-0.05, 0) is 19.1 Å². The summed E-state index contributed by atoms with van der Waals surface area (Å²) in [6, 6.07) is 7.85. The van der Waals surface area contributed by atoms with E-state index in [0.29, 0.717) is 17.9 Å². The summed E-state index contributed by atoms with van der Waals surface area (Å²) in [4.78, 5) is 16.5. The zero-order valence-electron chi connectivity index (χ0n) is 11.6. The van der Waals surface area contributed by atoms with Crippen molar-refractivity contribution in [1.29, 1.82) is 0 Å². The molecule has 1 aliphatic rings. The molecular formula is C14H17N5O. The minimum atomic E-state index is -0.160. The van der Waals surface area contributed by atoms with Gasteiger partial charge in [-0.3, -0.25) is 9.89 Å². The number of nitrogens with two attached hydrogens (primary N) is 1. The van der Waals surface area contributed by atoms with Gasteiger partial charge in [0.25, 0.3) is 5.91 Å². The van der Waals surface area contributed by atoms with E-state index in [1.165, 1.54) is 0 Å². The molecule has 2 aromatic rings. The van der Waals surface area contributed by atoms with E-state index >= 15 is 0 Å². The fraction of sp³-hybridized carbons (Fsp3) is 0.286. The van der Waals surface area contributed by atoms with E-state index in [1.54, 1.807) is 11.8 Å². The van der Waals surface area contributed by atoms with Crippen molar-refractivity contribution in [1.82, 2.24) is 10.2 Å². The van der Waals surface area contributed by atoms with E-state index in [2.05, 4.69) is 15.1 Å². The number of nitrogens with one attached hydrogen (secondary N) is 1. The summed E-state index contributed by atoms with van der Waals surface area (Å²) < 4.78 is 0. The number of carbonyl (C=O) groups is 1. The first-order valence-corrected chi connectivity index (χ1v) is 6.52. The van der Waals surface area contributed by atoms with Gasteiger partial charge in [-0.1, -0.05) is 12.1 Å². The molecule has 0 fully saturated rings. The third kappa shape index (κ3) is 1.80. The van der Waals surface area contributed by atoms with Gasteiger partial charge in [-0.25, -0.2) is 0 Å². The summed E-state index contributed by atoms with van der Waals surface area (Å²) in [6.07, 6.45) is 0. The molecule has 1 aromatic carbocycles. The minimum Gasteiger partial charge on any atom is -0.395 e. The Balaban J connectivity index is 2.02. The average Bonchev–Trinajstić information content (AvgIpc) is 2.79. The van der Waals surface area contributed by atoms with Crippen LogP contribution < -0.4 is 15.5 Å². The molecule has 0 unspecified atom stereocenters. The first kappa shape index (κ1) is 12.5. The Morgan fingerprint density at radius 3 is 2.65 bits per heavy atom. The van der Waals surface area contributed by atoms with Crippen molar-refractivity contribution in [3.8, 4) is 0 Å². The number of hydrogen-bond donors (Lipinski definition) is 2. The predicted octanol–water partition coefficient (Wildman–Crippen LogP) is 1.40. The second-order valence-corrected chi connectivity index (χ2v) is 4.98. The number of benzene rings is 1. The van der Waals surface area contributed by atoms with Gasteiger partial charge in [-0.15, -0.1) is 0 Å². The zero-order valence-corrected chi connectivity index (χ0v) is 11.6. The zero-order chi connectivity index (χ0) is 14.3. The monoisotopic (exact) mass is 271 g/mol. The molecule has 3 N–H and O–H groups in total. The molecule has 0 aliphatic carbocycles. The van der Waals surface area contributed by atoms with Gasteiger partial charge in [-0.2, -0.15) is 5.10 Å². The number of aryl methyl sites for hydroxylation is 1. The van der Waals surface area contributed by atoms with Crippen LogP contribution in [0.3, 0.4) is 0 Å². The number of amides is 1. The largest absolute Gasteiger partial charge is 0.395 e. The maximum absolute atomic E-state index is 12.6. The van der Waals surface area contributed by atoms with Crippen LogP contribution in [-0.2, 0) is 0 Å². The van der Waals surface area contributed by atoms with E-state index in [0.717, 1.165) is 23.6 Å². The lowest BCUT2D eigenvalue weighted by atomic mass is 10.1. The van der Waals surface area contributed by atoms with Crippen LogP contribution in [0.2, 0.25) is 0 Å². The highest BCUT2D eigenvalue weighted by Gasteiger charge is 2.28. The van der Waals surface area contributed by atoms with Gasteiger partial charge in [0.1, 0.15) is 0 Å². The first-order valence-electron chi connectivity index (χ1n) is 6.52. The normalized spacial score (nSPS) is 14.3. The van der Waals surface area contributed by atoms with Gasteiger partial charge < -0.3 is 15.5 Å².